The number of amides is 1. The fourth-order valence-electron chi connectivity index (χ4n) is 1.53. The Bertz CT molecular complexity index is 314. The lowest BCUT2D eigenvalue weighted by Crippen LogP contribution is -2.33. The number of rotatable bonds is 5. The number of hydrogen-bond donors (Lipinski definition) is 2. The molecule has 88 valence electrons. The van der Waals surface area contributed by atoms with Crippen LogP contribution in [0.1, 0.15) is 12.8 Å². The highest BCUT2D eigenvalue weighted by Crippen LogP contribution is 2.32. The maximum Gasteiger partial charge on any atom is 0.407 e. The van der Waals surface area contributed by atoms with Crippen molar-refractivity contribution < 1.29 is 19.4 Å². The monoisotopic (exact) mass is 225 g/mol. The summed E-state index contributed by atoms with van der Waals surface area (Å²) in [6, 6.07) is 0. The Morgan fingerprint density at radius 2 is 2.25 bits per heavy atom. The Morgan fingerprint density at radius 3 is 2.81 bits per heavy atom. The van der Waals surface area contributed by atoms with Crippen molar-refractivity contribution in [2.24, 2.45) is 5.92 Å². The second-order valence-electron chi connectivity index (χ2n) is 3.68. The summed E-state index contributed by atoms with van der Waals surface area (Å²) in [6.45, 7) is 4.14. The van der Waals surface area contributed by atoms with E-state index >= 15 is 0 Å². The lowest BCUT2D eigenvalue weighted by molar-refractivity contribution is -0.131. The molecule has 5 nitrogen and oxygen atoms in total. The van der Waals surface area contributed by atoms with Gasteiger partial charge in [-0.3, -0.25) is 0 Å². The molecule has 0 bridgehead atoms. The van der Waals surface area contributed by atoms with E-state index in [1.807, 2.05) is 0 Å². The number of carbonyl (C=O) groups excluding carboxylic acids is 1. The first kappa shape index (κ1) is 12.3. The van der Waals surface area contributed by atoms with E-state index in [-0.39, 0.29) is 6.61 Å². The first-order valence-corrected chi connectivity index (χ1v) is 5.05. The molecule has 0 aromatic rings. The lowest BCUT2D eigenvalue weighted by atomic mass is 9.80. The minimum Gasteiger partial charge on any atom is -0.478 e. The zero-order chi connectivity index (χ0) is 12.0. The van der Waals surface area contributed by atoms with Gasteiger partial charge in [0, 0.05) is 12.6 Å². The number of allylic oxidation sites excluding steroid dienone is 1. The van der Waals surface area contributed by atoms with Gasteiger partial charge in [-0.15, -0.1) is 0 Å². The Balaban J connectivity index is 2.11. The molecule has 1 fully saturated rings. The van der Waals surface area contributed by atoms with Crippen molar-refractivity contribution in [3.8, 4) is 0 Å². The minimum absolute atomic E-state index is 0.195. The van der Waals surface area contributed by atoms with Gasteiger partial charge in [-0.05, 0) is 18.8 Å². The van der Waals surface area contributed by atoms with Crippen molar-refractivity contribution >= 4 is 12.1 Å². The number of carboxylic acids is 1. The van der Waals surface area contributed by atoms with Crippen molar-refractivity contribution in [1.29, 1.82) is 0 Å². The van der Waals surface area contributed by atoms with E-state index in [1.165, 1.54) is 12.2 Å². The molecule has 0 aliphatic heterocycles. The summed E-state index contributed by atoms with van der Waals surface area (Å²) in [5, 5.41) is 11.1. The third-order valence-electron chi connectivity index (χ3n) is 2.30. The summed E-state index contributed by atoms with van der Waals surface area (Å²) in [5.74, 6) is -0.589. The van der Waals surface area contributed by atoms with E-state index in [0.717, 1.165) is 18.4 Å². The van der Waals surface area contributed by atoms with E-state index < -0.39 is 12.1 Å². The first-order valence-electron chi connectivity index (χ1n) is 5.05. The van der Waals surface area contributed by atoms with Crippen molar-refractivity contribution in [3.63, 3.8) is 0 Å². The van der Waals surface area contributed by atoms with Crippen LogP contribution < -0.4 is 5.32 Å². The van der Waals surface area contributed by atoms with Crippen LogP contribution >= 0.6 is 0 Å². The van der Waals surface area contributed by atoms with Crippen LogP contribution in [-0.2, 0) is 9.53 Å². The molecule has 0 spiro atoms. The van der Waals surface area contributed by atoms with Crippen LogP contribution in [0.25, 0.3) is 0 Å². The smallest absolute Gasteiger partial charge is 0.407 e. The molecular weight excluding hydrogens is 210 g/mol. The molecule has 5 heteroatoms. The summed E-state index contributed by atoms with van der Waals surface area (Å²) in [5.41, 5.74) is 0.916. The zero-order valence-corrected chi connectivity index (χ0v) is 8.94. The lowest BCUT2D eigenvalue weighted by Gasteiger charge is -2.28. The van der Waals surface area contributed by atoms with Gasteiger partial charge < -0.3 is 15.2 Å². The quantitative estimate of drug-likeness (QED) is 0.546. The molecule has 0 heterocycles. The minimum atomic E-state index is -0.910. The van der Waals surface area contributed by atoms with Crippen molar-refractivity contribution in [2.45, 2.75) is 12.8 Å². The average molecular weight is 225 g/mol. The van der Waals surface area contributed by atoms with E-state index in [4.69, 9.17) is 9.84 Å². The number of hydrogen-bond acceptors (Lipinski definition) is 3. The molecule has 1 amide bonds. The van der Waals surface area contributed by atoms with Gasteiger partial charge in [0.1, 0.15) is 6.61 Å². The Labute approximate surface area is 93.8 Å². The molecule has 0 atom stereocenters. The highest BCUT2D eigenvalue weighted by Gasteiger charge is 2.24. The number of nitrogens with one attached hydrogen (secondary N) is 1. The van der Waals surface area contributed by atoms with Gasteiger partial charge in [0.2, 0.25) is 0 Å². The van der Waals surface area contributed by atoms with Gasteiger partial charge in [-0.2, -0.15) is 0 Å². The molecule has 0 radical (unpaired) electrons. The van der Waals surface area contributed by atoms with Gasteiger partial charge in [-0.1, -0.05) is 18.2 Å². The SMILES string of the molecule is C=CCOC(=O)NCC1CC(=CC(=O)O)C1. The van der Waals surface area contributed by atoms with Crippen LogP contribution in [0.4, 0.5) is 4.79 Å². The van der Waals surface area contributed by atoms with Gasteiger partial charge >= 0.3 is 12.1 Å². The molecule has 0 aromatic heterocycles. The Hall–Kier alpha value is -1.78. The molecule has 0 aromatic carbocycles. The number of aliphatic carboxylic acids is 1. The number of alkyl carbamates (subject to hydrolysis) is 1. The summed E-state index contributed by atoms with van der Waals surface area (Å²) in [4.78, 5) is 21.3. The number of carboxylic acid groups (broad SMARTS) is 1. The van der Waals surface area contributed by atoms with Crippen LogP contribution in [0.3, 0.4) is 0 Å². The molecule has 1 rings (SSSR count). The fourth-order valence-corrected chi connectivity index (χ4v) is 1.53. The van der Waals surface area contributed by atoms with E-state index in [2.05, 4.69) is 11.9 Å². The van der Waals surface area contributed by atoms with Gasteiger partial charge in [0.15, 0.2) is 0 Å². The first-order chi connectivity index (χ1) is 7.61. The van der Waals surface area contributed by atoms with Crippen molar-refractivity contribution in [2.75, 3.05) is 13.2 Å². The molecule has 1 saturated carbocycles. The standard InChI is InChI=1S/C11H15NO4/c1-2-3-16-11(15)12-7-9-4-8(5-9)6-10(13)14/h2,6,9H,1,3-5,7H2,(H,12,15)(H,13,14). The van der Waals surface area contributed by atoms with Crippen molar-refractivity contribution in [1.82, 2.24) is 5.32 Å². The van der Waals surface area contributed by atoms with Crippen LogP contribution in [0, 0.1) is 5.92 Å². The second kappa shape index (κ2) is 5.95. The highest BCUT2D eigenvalue weighted by molar-refractivity contribution is 5.81. The number of carbonyl (C=O) groups is 2. The largest absolute Gasteiger partial charge is 0.478 e. The zero-order valence-electron chi connectivity index (χ0n) is 8.94. The summed E-state index contributed by atoms with van der Waals surface area (Å²) in [6.07, 6.45) is 3.72. The average Bonchev–Trinajstić information content (AvgIpc) is 2.17. The number of ether oxygens (including phenoxy) is 1. The van der Waals surface area contributed by atoms with E-state index in [9.17, 15) is 9.59 Å². The molecule has 2 N–H and O–H groups in total. The fraction of sp³-hybridized carbons (Fsp3) is 0.455. The molecule has 16 heavy (non-hydrogen) atoms. The van der Waals surface area contributed by atoms with E-state index in [0.29, 0.717) is 12.5 Å². The van der Waals surface area contributed by atoms with Crippen LogP contribution in [0.2, 0.25) is 0 Å². The molecule has 1 aliphatic carbocycles. The van der Waals surface area contributed by atoms with Gasteiger partial charge in [0.25, 0.3) is 0 Å². The predicted molar refractivity (Wildman–Crippen MR) is 58.0 cm³/mol. The Kier molecular flexibility index (Phi) is 4.57. The Morgan fingerprint density at radius 1 is 1.56 bits per heavy atom. The molecule has 0 saturated heterocycles. The van der Waals surface area contributed by atoms with Crippen LogP contribution in [0.15, 0.2) is 24.3 Å². The summed E-state index contributed by atoms with van der Waals surface area (Å²) >= 11 is 0. The second-order valence-corrected chi connectivity index (χ2v) is 3.68. The van der Waals surface area contributed by atoms with Crippen molar-refractivity contribution in [3.05, 3.63) is 24.3 Å². The molecular formula is C11H15NO4. The molecule has 0 unspecified atom stereocenters. The van der Waals surface area contributed by atoms with E-state index in [1.54, 1.807) is 0 Å². The molecule has 1 aliphatic rings. The van der Waals surface area contributed by atoms with Crippen LogP contribution in [0.5, 0.6) is 0 Å². The predicted octanol–water partition coefficient (Wildman–Crippen LogP) is 1.32. The van der Waals surface area contributed by atoms with Gasteiger partial charge in [0.05, 0.1) is 0 Å². The normalized spacial score (nSPS) is 18.2. The third-order valence-corrected chi connectivity index (χ3v) is 2.30. The summed E-state index contributed by atoms with van der Waals surface area (Å²) in [7, 11) is 0. The maximum atomic E-state index is 11.0. The maximum absolute atomic E-state index is 11.0. The summed E-state index contributed by atoms with van der Waals surface area (Å²) < 4.78 is 4.72. The third kappa shape index (κ3) is 4.16. The highest BCUT2D eigenvalue weighted by atomic mass is 16.5. The van der Waals surface area contributed by atoms with Crippen LogP contribution in [-0.4, -0.2) is 30.3 Å². The topological polar surface area (TPSA) is 75.6 Å². The van der Waals surface area contributed by atoms with Gasteiger partial charge in [-0.25, -0.2) is 9.59 Å².